The molecule has 0 bridgehead atoms. The molecule has 2 heterocycles. The number of amides is 1. The number of benzene rings is 1. The Morgan fingerprint density at radius 2 is 1.95 bits per heavy atom. The van der Waals surface area contributed by atoms with E-state index in [1.807, 2.05) is 12.1 Å². The molecular formula is C15H17BrN2O2. The van der Waals surface area contributed by atoms with E-state index in [1.165, 1.54) is 19.3 Å². The molecule has 5 heteroatoms. The molecule has 4 rings (SSSR count). The highest BCUT2D eigenvalue weighted by molar-refractivity contribution is 9.10. The molecular weight excluding hydrogens is 320 g/mol. The van der Waals surface area contributed by atoms with E-state index in [0.29, 0.717) is 5.56 Å². The van der Waals surface area contributed by atoms with Crippen LogP contribution in [-0.2, 0) is 4.79 Å². The Hall–Kier alpha value is -1.07. The first-order valence-corrected chi connectivity index (χ1v) is 8.00. The zero-order valence-electron chi connectivity index (χ0n) is 11.1. The average Bonchev–Trinajstić information content (AvgIpc) is 3.05. The number of nitrogens with zero attached hydrogens (tertiary/aromatic N) is 1. The van der Waals surface area contributed by atoms with E-state index in [1.54, 1.807) is 0 Å². The van der Waals surface area contributed by atoms with Crippen LogP contribution in [0.5, 0.6) is 0 Å². The lowest BCUT2D eigenvalue weighted by molar-refractivity contribution is -0.123. The van der Waals surface area contributed by atoms with Crippen LogP contribution < -0.4 is 10.2 Å². The molecule has 1 saturated carbocycles. The number of aliphatic hydroxyl groups excluding tert-OH is 1. The quantitative estimate of drug-likeness (QED) is 0.828. The van der Waals surface area contributed by atoms with E-state index in [4.69, 9.17) is 0 Å². The van der Waals surface area contributed by atoms with Crippen molar-refractivity contribution in [1.29, 1.82) is 0 Å². The maximum Gasteiger partial charge on any atom is 0.257 e. The van der Waals surface area contributed by atoms with Gasteiger partial charge in [0.1, 0.15) is 0 Å². The van der Waals surface area contributed by atoms with Gasteiger partial charge in [-0.15, -0.1) is 0 Å². The summed E-state index contributed by atoms with van der Waals surface area (Å²) in [6.45, 7) is 2.22. The van der Waals surface area contributed by atoms with E-state index < -0.39 is 6.10 Å². The first-order chi connectivity index (χ1) is 9.63. The number of fused-ring (bicyclic) bond motifs is 2. The topological polar surface area (TPSA) is 52.6 Å². The summed E-state index contributed by atoms with van der Waals surface area (Å²) >= 11 is 3.60. The van der Waals surface area contributed by atoms with Gasteiger partial charge in [-0.2, -0.15) is 0 Å². The number of aliphatic hydroxyl groups is 1. The highest BCUT2D eigenvalue weighted by Gasteiger charge is 2.37. The monoisotopic (exact) mass is 336 g/mol. The van der Waals surface area contributed by atoms with Crippen molar-refractivity contribution in [3.63, 3.8) is 0 Å². The molecule has 2 fully saturated rings. The second-order valence-electron chi connectivity index (χ2n) is 6.14. The van der Waals surface area contributed by atoms with Crippen LogP contribution in [0, 0.1) is 11.8 Å². The summed E-state index contributed by atoms with van der Waals surface area (Å²) in [5, 5.41) is 12.6. The fourth-order valence-corrected chi connectivity index (χ4v) is 4.54. The zero-order valence-corrected chi connectivity index (χ0v) is 12.7. The Bertz CT molecular complexity index is 577. The average molecular weight is 337 g/mol. The fraction of sp³-hybridized carbons (Fsp3) is 0.533. The van der Waals surface area contributed by atoms with Crippen LogP contribution in [0.2, 0.25) is 0 Å². The minimum absolute atomic E-state index is 0.331. The molecule has 1 aromatic rings. The zero-order chi connectivity index (χ0) is 13.9. The highest BCUT2D eigenvalue weighted by atomic mass is 79.9. The third kappa shape index (κ3) is 1.79. The van der Waals surface area contributed by atoms with Gasteiger partial charge in [-0.25, -0.2) is 0 Å². The van der Waals surface area contributed by atoms with Crippen molar-refractivity contribution >= 4 is 33.2 Å². The summed E-state index contributed by atoms with van der Waals surface area (Å²) in [4.78, 5) is 14.0. The second-order valence-corrected chi connectivity index (χ2v) is 6.99. The molecule has 2 aliphatic heterocycles. The summed E-state index contributed by atoms with van der Waals surface area (Å²) in [7, 11) is 0. The Labute approximate surface area is 126 Å². The summed E-state index contributed by atoms with van der Waals surface area (Å²) < 4.78 is 0.965. The van der Waals surface area contributed by atoms with Crippen LogP contribution in [0.1, 0.15) is 30.9 Å². The van der Waals surface area contributed by atoms with E-state index >= 15 is 0 Å². The fourth-order valence-electron chi connectivity index (χ4n) is 3.93. The standard InChI is InChI=1S/C15H17BrN2O2/c16-11-4-10-12(17-15(20)14(10)19)5-13(11)18-6-8-2-1-3-9(8)7-18/h4-5,8-9,14,19H,1-3,6-7H2,(H,17,20). The number of nitrogens with one attached hydrogen (secondary N) is 1. The normalized spacial score (nSPS) is 31.4. The lowest BCUT2D eigenvalue weighted by atomic mass is 10.0. The highest BCUT2D eigenvalue weighted by Crippen LogP contribution is 2.44. The molecule has 1 aromatic carbocycles. The molecule has 3 unspecified atom stereocenters. The molecule has 1 saturated heterocycles. The SMILES string of the molecule is O=C1Nc2cc(N3CC4CCCC4C3)c(Br)cc2C1O. The maximum absolute atomic E-state index is 11.5. The van der Waals surface area contributed by atoms with Crippen LogP contribution in [0.25, 0.3) is 0 Å². The van der Waals surface area contributed by atoms with Gasteiger partial charge in [0.05, 0.1) is 5.69 Å². The van der Waals surface area contributed by atoms with Gasteiger partial charge < -0.3 is 15.3 Å². The lowest BCUT2D eigenvalue weighted by Gasteiger charge is -2.22. The van der Waals surface area contributed by atoms with E-state index in [9.17, 15) is 9.90 Å². The van der Waals surface area contributed by atoms with Crippen molar-refractivity contribution in [2.24, 2.45) is 11.8 Å². The smallest absolute Gasteiger partial charge is 0.257 e. The third-order valence-electron chi connectivity index (χ3n) is 4.99. The molecule has 0 radical (unpaired) electrons. The molecule has 3 aliphatic rings. The number of carbonyl (C=O) groups excluding carboxylic acids is 1. The summed E-state index contributed by atoms with van der Waals surface area (Å²) in [6, 6.07) is 3.87. The first kappa shape index (κ1) is 12.7. The minimum Gasteiger partial charge on any atom is -0.378 e. The van der Waals surface area contributed by atoms with Crippen molar-refractivity contribution in [1.82, 2.24) is 0 Å². The van der Waals surface area contributed by atoms with Gasteiger partial charge in [0.2, 0.25) is 0 Å². The third-order valence-corrected chi connectivity index (χ3v) is 5.62. The van der Waals surface area contributed by atoms with Gasteiger partial charge in [-0.3, -0.25) is 4.79 Å². The predicted molar refractivity (Wildman–Crippen MR) is 80.8 cm³/mol. The van der Waals surface area contributed by atoms with Crippen LogP contribution >= 0.6 is 15.9 Å². The Morgan fingerprint density at radius 1 is 1.25 bits per heavy atom. The summed E-state index contributed by atoms with van der Waals surface area (Å²) in [5.41, 5.74) is 2.55. The maximum atomic E-state index is 11.5. The number of rotatable bonds is 1. The van der Waals surface area contributed by atoms with Crippen LogP contribution in [0.4, 0.5) is 11.4 Å². The number of halogens is 1. The van der Waals surface area contributed by atoms with Crippen molar-refractivity contribution in [2.45, 2.75) is 25.4 Å². The van der Waals surface area contributed by atoms with Gasteiger partial charge in [0.25, 0.3) is 5.91 Å². The number of hydrogen-bond donors (Lipinski definition) is 2. The summed E-state index contributed by atoms with van der Waals surface area (Å²) in [6.07, 6.45) is 3.03. The molecule has 1 amide bonds. The van der Waals surface area contributed by atoms with Gasteiger partial charge in [0.15, 0.2) is 6.10 Å². The van der Waals surface area contributed by atoms with Crippen molar-refractivity contribution in [2.75, 3.05) is 23.3 Å². The molecule has 0 spiro atoms. The Morgan fingerprint density at radius 3 is 2.65 bits per heavy atom. The van der Waals surface area contributed by atoms with Crippen molar-refractivity contribution in [3.8, 4) is 0 Å². The summed E-state index contributed by atoms with van der Waals surface area (Å²) in [5.74, 6) is 1.33. The lowest BCUT2D eigenvalue weighted by Crippen LogP contribution is -2.21. The van der Waals surface area contributed by atoms with Gasteiger partial charge in [-0.1, -0.05) is 6.42 Å². The van der Waals surface area contributed by atoms with Gasteiger partial charge >= 0.3 is 0 Å². The largest absolute Gasteiger partial charge is 0.378 e. The first-order valence-electron chi connectivity index (χ1n) is 7.21. The predicted octanol–water partition coefficient (Wildman–Crippen LogP) is 2.67. The van der Waals surface area contributed by atoms with Gasteiger partial charge in [0, 0.05) is 28.8 Å². The molecule has 3 atom stereocenters. The molecule has 20 heavy (non-hydrogen) atoms. The van der Waals surface area contributed by atoms with Crippen LogP contribution in [0.3, 0.4) is 0 Å². The minimum atomic E-state index is -1.03. The van der Waals surface area contributed by atoms with Crippen molar-refractivity contribution < 1.29 is 9.90 Å². The number of anilines is 2. The molecule has 1 aliphatic carbocycles. The van der Waals surface area contributed by atoms with E-state index in [-0.39, 0.29) is 5.91 Å². The molecule has 106 valence electrons. The Kier molecular flexibility index (Phi) is 2.82. The number of hydrogen-bond acceptors (Lipinski definition) is 3. The molecule has 2 N–H and O–H groups in total. The Balaban J connectivity index is 1.67. The molecule has 4 nitrogen and oxygen atoms in total. The van der Waals surface area contributed by atoms with Crippen LogP contribution in [0.15, 0.2) is 16.6 Å². The molecule has 0 aromatic heterocycles. The van der Waals surface area contributed by atoms with E-state index in [0.717, 1.165) is 40.8 Å². The van der Waals surface area contributed by atoms with Crippen molar-refractivity contribution in [3.05, 3.63) is 22.2 Å². The van der Waals surface area contributed by atoms with Gasteiger partial charge in [-0.05, 0) is 52.7 Å². The number of carbonyl (C=O) groups is 1. The second kappa shape index (κ2) is 4.46. The van der Waals surface area contributed by atoms with E-state index in [2.05, 4.69) is 26.1 Å². The van der Waals surface area contributed by atoms with Crippen LogP contribution in [-0.4, -0.2) is 24.1 Å².